The minimum absolute atomic E-state index is 0.323. The maximum Gasteiger partial charge on any atom is 0.169 e. The van der Waals surface area contributed by atoms with Gasteiger partial charge in [0, 0.05) is 24.4 Å². The fourth-order valence-corrected chi connectivity index (χ4v) is 3.70. The third-order valence-corrected chi connectivity index (χ3v) is 4.89. The van der Waals surface area contributed by atoms with E-state index in [4.69, 9.17) is 16.3 Å². The molecule has 23 heavy (non-hydrogen) atoms. The van der Waals surface area contributed by atoms with E-state index >= 15 is 0 Å². The topological polar surface area (TPSA) is 27.1 Å². The van der Waals surface area contributed by atoms with E-state index in [1.807, 2.05) is 24.3 Å². The predicted molar refractivity (Wildman–Crippen MR) is 92.6 cm³/mol. The molecule has 1 aromatic heterocycles. The number of thioether (sulfide) groups is 1. The van der Waals surface area contributed by atoms with Crippen LogP contribution in [0.5, 0.6) is 0 Å². The molecule has 0 saturated carbocycles. The Morgan fingerprint density at radius 1 is 1.26 bits per heavy atom. The maximum absolute atomic E-state index is 13.1. The van der Waals surface area contributed by atoms with Gasteiger partial charge in [0.1, 0.15) is 5.82 Å². The van der Waals surface area contributed by atoms with Crippen LogP contribution in [0.25, 0.3) is 11.0 Å². The first-order valence-electron chi connectivity index (χ1n) is 7.20. The number of methoxy groups -OCH3 is 1. The molecule has 0 saturated heterocycles. The number of aromatic nitrogens is 2. The zero-order valence-electron chi connectivity index (χ0n) is 12.6. The Balaban J connectivity index is 1.86. The lowest BCUT2D eigenvalue weighted by Gasteiger charge is -2.09. The van der Waals surface area contributed by atoms with Crippen LogP contribution in [0.15, 0.2) is 47.6 Å². The van der Waals surface area contributed by atoms with Gasteiger partial charge in [-0.05, 0) is 29.8 Å². The van der Waals surface area contributed by atoms with Crippen molar-refractivity contribution in [1.82, 2.24) is 9.55 Å². The van der Waals surface area contributed by atoms with Gasteiger partial charge in [-0.15, -0.1) is 0 Å². The molecule has 0 amide bonds. The van der Waals surface area contributed by atoms with E-state index in [-0.39, 0.29) is 5.82 Å². The standard InChI is InChI=1S/C17H16ClFN2OS/c1-22-9-8-21-16-5-3-2-4-15(16)20-17(21)23-11-12-6-7-13(19)10-14(12)18/h2-7,10H,8-9,11H2,1H3. The number of hydrogen-bond acceptors (Lipinski definition) is 3. The highest BCUT2D eigenvalue weighted by Gasteiger charge is 2.12. The van der Waals surface area contributed by atoms with E-state index in [0.717, 1.165) is 28.3 Å². The summed E-state index contributed by atoms with van der Waals surface area (Å²) in [5, 5.41) is 1.35. The molecule has 6 heteroatoms. The normalized spacial score (nSPS) is 11.3. The third-order valence-electron chi connectivity index (χ3n) is 3.51. The lowest BCUT2D eigenvalue weighted by molar-refractivity contribution is 0.186. The van der Waals surface area contributed by atoms with Crippen LogP contribution in [-0.2, 0) is 17.0 Å². The molecule has 3 aromatic rings. The van der Waals surface area contributed by atoms with Gasteiger partial charge in [0.2, 0.25) is 0 Å². The second-order valence-electron chi connectivity index (χ2n) is 5.05. The van der Waals surface area contributed by atoms with Crippen molar-refractivity contribution in [3.05, 3.63) is 58.9 Å². The Kier molecular flexibility index (Phi) is 5.20. The minimum Gasteiger partial charge on any atom is -0.383 e. The number of ether oxygens (including phenoxy) is 1. The minimum atomic E-state index is -0.323. The van der Waals surface area contributed by atoms with Crippen LogP contribution in [0.1, 0.15) is 5.56 Å². The van der Waals surface area contributed by atoms with Crippen molar-refractivity contribution in [2.75, 3.05) is 13.7 Å². The van der Waals surface area contributed by atoms with Crippen molar-refractivity contribution >= 4 is 34.4 Å². The zero-order valence-corrected chi connectivity index (χ0v) is 14.2. The van der Waals surface area contributed by atoms with Crippen molar-refractivity contribution in [2.45, 2.75) is 17.5 Å². The van der Waals surface area contributed by atoms with Gasteiger partial charge in [-0.2, -0.15) is 0 Å². The second-order valence-corrected chi connectivity index (χ2v) is 6.40. The zero-order chi connectivity index (χ0) is 16.2. The highest BCUT2D eigenvalue weighted by Crippen LogP contribution is 2.29. The summed E-state index contributed by atoms with van der Waals surface area (Å²) in [4.78, 5) is 4.68. The van der Waals surface area contributed by atoms with Gasteiger partial charge >= 0.3 is 0 Å². The molecule has 3 nitrogen and oxygen atoms in total. The van der Waals surface area contributed by atoms with Gasteiger partial charge in [0.05, 0.1) is 17.6 Å². The average Bonchev–Trinajstić information content (AvgIpc) is 2.89. The fraction of sp³-hybridized carbons (Fsp3) is 0.235. The summed E-state index contributed by atoms with van der Waals surface area (Å²) in [6.45, 7) is 1.35. The molecule has 0 atom stereocenters. The van der Waals surface area contributed by atoms with E-state index in [9.17, 15) is 4.39 Å². The lowest BCUT2D eigenvalue weighted by atomic mass is 10.2. The van der Waals surface area contributed by atoms with E-state index in [2.05, 4.69) is 9.55 Å². The van der Waals surface area contributed by atoms with Crippen LogP contribution in [0.3, 0.4) is 0 Å². The summed E-state index contributed by atoms with van der Waals surface area (Å²) in [6.07, 6.45) is 0. The first-order valence-corrected chi connectivity index (χ1v) is 8.56. The van der Waals surface area contributed by atoms with Gasteiger partial charge in [-0.25, -0.2) is 9.37 Å². The molecular weight excluding hydrogens is 335 g/mol. The number of fused-ring (bicyclic) bond motifs is 1. The first-order chi connectivity index (χ1) is 11.2. The van der Waals surface area contributed by atoms with E-state index < -0.39 is 0 Å². The van der Waals surface area contributed by atoms with Crippen LogP contribution in [0.2, 0.25) is 5.02 Å². The van der Waals surface area contributed by atoms with Gasteiger partial charge in [0.15, 0.2) is 5.16 Å². The summed E-state index contributed by atoms with van der Waals surface area (Å²) in [5.74, 6) is 0.311. The molecule has 2 aromatic carbocycles. The number of halogens is 2. The molecule has 0 aliphatic rings. The van der Waals surface area contributed by atoms with E-state index in [1.165, 1.54) is 12.1 Å². The van der Waals surface area contributed by atoms with Crippen LogP contribution in [0, 0.1) is 5.82 Å². The largest absolute Gasteiger partial charge is 0.383 e. The lowest BCUT2D eigenvalue weighted by Crippen LogP contribution is -2.05. The van der Waals surface area contributed by atoms with Crippen LogP contribution < -0.4 is 0 Å². The Morgan fingerprint density at radius 3 is 2.87 bits per heavy atom. The van der Waals surface area contributed by atoms with Crippen molar-refractivity contribution in [3.8, 4) is 0 Å². The van der Waals surface area contributed by atoms with Crippen molar-refractivity contribution in [3.63, 3.8) is 0 Å². The van der Waals surface area contributed by atoms with Gasteiger partial charge in [-0.1, -0.05) is 41.6 Å². The summed E-state index contributed by atoms with van der Waals surface area (Å²) >= 11 is 7.68. The number of imidazole rings is 1. The number of hydrogen-bond donors (Lipinski definition) is 0. The molecule has 0 aliphatic heterocycles. The van der Waals surface area contributed by atoms with Crippen LogP contribution in [-0.4, -0.2) is 23.3 Å². The molecule has 0 spiro atoms. The quantitative estimate of drug-likeness (QED) is 0.599. The van der Waals surface area contributed by atoms with Crippen molar-refractivity contribution in [2.24, 2.45) is 0 Å². The molecular formula is C17H16ClFN2OS. The second kappa shape index (κ2) is 7.34. The van der Waals surface area contributed by atoms with Crippen LogP contribution >= 0.6 is 23.4 Å². The Morgan fingerprint density at radius 2 is 2.09 bits per heavy atom. The molecule has 0 unspecified atom stereocenters. The van der Waals surface area contributed by atoms with Gasteiger partial charge in [-0.3, -0.25) is 0 Å². The summed E-state index contributed by atoms with van der Waals surface area (Å²) < 4.78 is 20.5. The number of para-hydroxylation sites is 2. The molecule has 0 bridgehead atoms. The van der Waals surface area contributed by atoms with Gasteiger partial charge in [0.25, 0.3) is 0 Å². The highest BCUT2D eigenvalue weighted by molar-refractivity contribution is 7.98. The molecule has 3 rings (SSSR count). The summed E-state index contributed by atoms with van der Waals surface area (Å²) in [6, 6.07) is 12.5. The highest BCUT2D eigenvalue weighted by atomic mass is 35.5. The number of rotatable bonds is 6. The fourth-order valence-electron chi connectivity index (χ4n) is 2.34. The Bertz CT molecular complexity index is 821. The first kappa shape index (κ1) is 16.3. The Labute approximate surface area is 143 Å². The molecule has 120 valence electrons. The smallest absolute Gasteiger partial charge is 0.169 e. The maximum atomic E-state index is 13.1. The van der Waals surface area contributed by atoms with Crippen molar-refractivity contribution < 1.29 is 9.13 Å². The van der Waals surface area contributed by atoms with E-state index in [1.54, 1.807) is 24.9 Å². The predicted octanol–water partition coefficient (Wildman–Crippen LogP) is 4.77. The van der Waals surface area contributed by atoms with E-state index in [0.29, 0.717) is 17.4 Å². The van der Waals surface area contributed by atoms with Crippen LogP contribution in [0.4, 0.5) is 4.39 Å². The molecule has 1 heterocycles. The molecule has 0 N–H and O–H groups in total. The summed E-state index contributed by atoms with van der Waals surface area (Å²) in [5.41, 5.74) is 2.93. The monoisotopic (exact) mass is 350 g/mol. The average molecular weight is 351 g/mol. The van der Waals surface area contributed by atoms with Gasteiger partial charge < -0.3 is 9.30 Å². The molecule has 0 fully saturated rings. The van der Waals surface area contributed by atoms with Crippen molar-refractivity contribution in [1.29, 1.82) is 0 Å². The SMILES string of the molecule is COCCn1c(SCc2ccc(F)cc2Cl)nc2ccccc21. The molecule has 0 radical (unpaired) electrons. The summed E-state index contributed by atoms with van der Waals surface area (Å²) in [7, 11) is 1.68. The Hall–Kier alpha value is -1.56. The number of nitrogens with zero attached hydrogens (tertiary/aromatic N) is 2. The molecule has 0 aliphatic carbocycles. The third kappa shape index (κ3) is 3.68. The number of benzene rings is 2.